The van der Waals surface area contributed by atoms with Gasteiger partial charge in [0.15, 0.2) is 0 Å². The molecule has 2 aliphatic rings. The van der Waals surface area contributed by atoms with Crippen LogP contribution in [0.25, 0.3) is 0 Å². The van der Waals surface area contributed by atoms with E-state index in [1.165, 1.54) is 29.7 Å². The number of urea groups is 1. The first-order valence-electron chi connectivity index (χ1n) is 7.89. The summed E-state index contributed by atoms with van der Waals surface area (Å²) >= 11 is 1.72. The van der Waals surface area contributed by atoms with Gasteiger partial charge in [0, 0.05) is 18.0 Å². The summed E-state index contributed by atoms with van der Waals surface area (Å²) in [4.78, 5) is 15.7. The zero-order valence-electron chi connectivity index (χ0n) is 12.7. The van der Waals surface area contributed by atoms with Gasteiger partial charge in [0.05, 0.1) is 6.54 Å². The summed E-state index contributed by atoms with van der Waals surface area (Å²) in [6, 6.07) is 2.22. The Kier molecular flexibility index (Phi) is 4.34. The van der Waals surface area contributed by atoms with Gasteiger partial charge in [0.1, 0.15) is 0 Å². The Labute approximate surface area is 131 Å². The molecular formula is C17H24N2OS. The molecule has 1 spiro atoms. The molecule has 21 heavy (non-hydrogen) atoms. The maximum atomic E-state index is 12.4. The fourth-order valence-corrected chi connectivity index (χ4v) is 4.39. The highest BCUT2D eigenvalue weighted by Gasteiger charge is 2.36. The minimum absolute atomic E-state index is 0.108. The van der Waals surface area contributed by atoms with Crippen LogP contribution in [0.4, 0.5) is 4.79 Å². The Balaban J connectivity index is 1.57. The van der Waals surface area contributed by atoms with Gasteiger partial charge in [-0.3, -0.25) is 0 Å². The van der Waals surface area contributed by atoms with Crippen LogP contribution in [0, 0.1) is 12.3 Å². The number of allylic oxidation sites excluding steroid dienone is 2. The van der Waals surface area contributed by atoms with Gasteiger partial charge in [0.25, 0.3) is 0 Å². The van der Waals surface area contributed by atoms with Gasteiger partial charge in [-0.25, -0.2) is 4.79 Å². The second-order valence-corrected chi connectivity index (χ2v) is 7.43. The van der Waals surface area contributed by atoms with Crippen molar-refractivity contribution in [1.82, 2.24) is 10.2 Å². The number of aryl methyl sites for hydroxylation is 1. The Morgan fingerprint density at radius 3 is 3.05 bits per heavy atom. The lowest BCUT2D eigenvalue weighted by Crippen LogP contribution is -2.49. The van der Waals surface area contributed by atoms with E-state index in [1.807, 2.05) is 4.90 Å². The second kappa shape index (κ2) is 6.22. The van der Waals surface area contributed by atoms with E-state index in [1.54, 1.807) is 11.3 Å². The summed E-state index contributed by atoms with van der Waals surface area (Å²) in [6.07, 6.45) is 10.5. The van der Waals surface area contributed by atoms with Crippen LogP contribution in [0.2, 0.25) is 0 Å². The van der Waals surface area contributed by atoms with E-state index in [9.17, 15) is 4.79 Å². The Morgan fingerprint density at radius 2 is 2.33 bits per heavy atom. The Morgan fingerprint density at radius 1 is 1.43 bits per heavy atom. The van der Waals surface area contributed by atoms with Crippen LogP contribution in [0.3, 0.4) is 0 Å². The number of carbonyl (C=O) groups excluding carboxylic acids is 1. The third kappa shape index (κ3) is 3.31. The Hall–Kier alpha value is -1.29. The zero-order chi connectivity index (χ0) is 14.7. The third-order valence-electron chi connectivity index (χ3n) is 4.88. The average molecular weight is 304 g/mol. The molecule has 0 saturated carbocycles. The second-order valence-electron chi connectivity index (χ2n) is 6.42. The molecule has 0 bridgehead atoms. The monoisotopic (exact) mass is 304 g/mol. The molecule has 4 heteroatoms. The van der Waals surface area contributed by atoms with Crippen molar-refractivity contribution in [3.63, 3.8) is 0 Å². The predicted molar refractivity (Wildman–Crippen MR) is 87.5 cm³/mol. The number of piperidine rings is 1. The summed E-state index contributed by atoms with van der Waals surface area (Å²) in [5.74, 6) is 0. The molecule has 1 atom stereocenters. The van der Waals surface area contributed by atoms with E-state index >= 15 is 0 Å². The van der Waals surface area contributed by atoms with E-state index < -0.39 is 0 Å². The fourth-order valence-electron chi connectivity index (χ4n) is 3.55. The first-order chi connectivity index (χ1) is 10.2. The van der Waals surface area contributed by atoms with Crippen molar-refractivity contribution in [3.8, 4) is 0 Å². The molecule has 2 amide bonds. The van der Waals surface area contributed by atoms with Crippen LogP contribution in [0.5, 0.6) is 0 Å². The highest BCUT2D eigenvalue weighted by molar-refractivity contribution is 7.10. The standard InChI is InChI=1S/C17H24N2OS/c1-14-6-11-21-15(14)12-18-16(20)19-10-5-9-17(13-19)7-3-2-4-8-17/h2-3,6,11H,4-5,7-10,12-13H2,1H3,(H,18,20). The zero-order valence-corrected chi connectivity index (χ0v) is 13.5. The lowest BCUT2D eigenvalue weighted by Gasteiger charge is -2.43. The quantitative estimate of drug-likeness (QED) is 0.820. The van der Waals surface area contributed by atoms with Crippen molar-refractivity contribution in [2.45, 2.75) is 45.6 Å². The van der Waals surface area contributed by atoms with Crippen molar-refractivity contribution in [3.05, 3.63) is 34.0 Å². The number of likely N-dealkylation sites (tertiary alicyclic amines) is 1. The molecule has 0 radical (unpaired) electrons. The summed E-state index contributed by atoms with van der Waals surface area (Å²) in [5, 5.41) is 5.18. The average Bonchev–Trinajstić information content (AvgIpc) is 2.91. The van der Waals surface area contributed by atoms with Crippen molar-refractivity contribution < 1.29 is 4.79 Å². The van der Waals surface area contributed by atoms with Crippen LogP contribution in [-0.2, 0) is 6.54 Å². The van der Waals surface area contributed by atoms with E-state index in [0.717, 1.165) is 25.9 Å². The highest BCUT2D eigenvalue weighted by Crippen LogP contribution is 2.40. The van der Waals surface area contributed by atoms with Gasteiger partial charge < -0.3 is 10.2 Å². The predicted octanol–water partition coefficient (Wildman–Crippen LogP) is 4.09. The molecule has 1 unspecified atom stereocenters. The van der Waals surface area contributed by atoms with Crippen LogP contribution in [-0.4, -0.2) is 24.0 Å². The van der Waals surface area contributed by atoms with Crippen molar-refractivity contribution in [2.24, 2.45) is 5.41 Å². The van der Waals surface area contributed by atoms with Crippen LogP contribution in [0.15, 0.2) is 23.6 Å². The number of nitrogens with zero attached hydrogens (tertiary/aromatic N) is 1. The minimum Gasteiger partial charge on any atom is -0.333 e. The molecular weight excluding hydrogens is 280 g/mol. The summed E-state index contributed by atoms with van der Waals surface area (Å²) in [5.41, 5.74) is 1.62. The molecule has 1 N–H and O–H groups in total. The molecule has 1 fully saturated rings. The number of amides is 2. The molecule has 1 aliphatic heterocycles. The highest BCUT2D eigenvalue weighted by atomic mass is 32.1. The Bertz CT molecular complexity index is 537. The molecule has 114 valence electrons. The van der Waals surface area contributed by atoms with Crippen LogP contribution >= 0.6 is 11.3 Å². The summed E-state index contributed by atoms with van der Waals surface area (Å²) in [7, 11) is 0. The molecule has 0 aromatic carbocycles. The lowest BCUT2D eigenvalue weighted by atomic mass is 9.71. The first kappa shape index (κ1) is 14.6. The molecule has 3 nitrogen and oxygen atoms in total. The van der Waals surface area contributed by atoms with Crippen LogP contribution in [0.1, 0.15) is 42.5 Å². The van der Waals surface area contributed by atoms with Gasteiger partial charge in [0.2, 0.25) is 0 Å². The molecule has 3 rings (SSSR count). The van der Waals surface area contributed by atoms with Gasteiger partial charge in [-0.15, -0.1) is 11.3 Å². The van der Waals surface area contributed by atoms with Crippen LogP contribution < -0.4 is 5.32 Å². The maximum Gasteiger partial charge on any atom is 0.317 e. The van der Waals surface area contributed by atoms with E-state index in [4.69, 9.17) is 0 Å². The smallest absolute Gasteiger partial charge is 0.317 e. The number of hydrogen-bond acceptors (Lipinski definition) is 2. The SMILES string of the molecule is Cc1ccsc1CNC(=O)N1CCCC2(CC=CCC2)C1. The number of hydrogen-bond donors (Lipinski definition) is 1. The summed E-state index contributed by atoms with van der Waals surface area (Å²) < 4.78 is 0. The van der Waals surface area contributed by atoms with Gasteiger partial charge >= 0.3 is 6.03 Å². The maximum absolute atomic E-state index is 12.4. The number of rotatable bonds is 2. The molecule has 1 aromatic heterocycles. The number of carbonyl (C=O) groups is 1. The fraction of sp³-hybridized carbons (Fsp3) is 0.588. The molecule has 1 aliphatic carbocycles. The molecule has 2 heterocycles. The van der Waals surface area contributed by atoms with E-state index in [0.29, 0.717) is 12.0 Å². The van der Waals surface area contributed by atoms with E-state index in [-0.39, 0.29) is 6.03 Å². The third-order valence-corrected chi connectivity index (χ3v) is 5.90. The van der Waals surface area contributed by atoms with Crippen molar-refractivity contribution in [2.75, 3.05) is 13.1 Å². The van der Waals surface area contributed by atoms with Gasteiger partial charge in [-0.1, -0.05) is 12.2 Å². The van der Waals surface area contributed by atoms with Crippen molar-refractivity contribution in [1.29, 1.82) is 0 Å². The largest absolute Gasteiger partial charge is 0.333 e. The molecule has 1 aromatic rings. The topological polar surface area (TPSA) is 32.3 Å². The minimum atomic E-state index is 0.108. The number of thiophene rings is 1. The molecule has 1 saturated heterocycles. The van der Waals surface area contributed by atoms with Gasteiger partial charge in [-0.05, 0) is 61.5 Å². The first-order valence-corrected chi connectivity index (χ1v) is 8.77. The van der Waals surface area contributed by atoms with Crippen molar-refractivity contribution >= 4 is 17.4 Å². The number of nitrogens with one attached hydrogen (secondary N) is 1. The van der Waals surface area contributed by atoms with E-state index in [2.05, 4.69) is 35.8 Å². The normalized spacial score (nSPS) is 25.3. The lowest BCUT2D eigenvalue weighted by molar-refractivity contribution is 0.0959. The summed E-state index contributed by atoms with van der Waals surface area (Å²) in [6.45, 7) is 4.58. The van der Waals surface area contributed by atoms with Gasteiger partial charge in [-0.2, -0.15) is 0 Å².